The number of alkyl halides is 3. The number of carbonyl (C=O) groups is 3. The van der Waals surface area contributed by atoms with E-state index in [9.17, 15) is 22.8 Å². The van der Waals surface area contributed by atoms with Crippen LogP contribution in [-0.4, -0.2) is 71.6 Å². The second-order valence-electron chi connectivity index (χ2n) is 12.0. The van der Waals surface area contributed by atoms with Crippen molar-refractivity contribution in [3.8, 4) is 11.1 Å². The van der Waals surface area contributed by atoms with Gasteiger partial charge in [-0.05, 0) is 90.9 Å². The van der Waals surface area contributed by atoms with Crippen LogP contribution in [0.25, 0.3) is 17.2 Å². The molecule has 1 aliphatic heterocycles. The molecule has 262 valence electrons. The predicted octanol–water partition coefficient (Wildman–Crippen LogP) is 7.49. The van der Waals surface area contributed by atoms with E-state index in [2.05, 4.69) is 52.7 Å². The Morgan fingerprint density at radius 2 is 1.40 bits per heavy atom. The van der Waals surface area contributed by atoms with E-state index >= 15 is 0 Å². The topological polar surface area (TPSA) is 90.0 Å². The molecular weight excluding hydrogens is 643 g/mol. The fraction of sp³-hybridized carbons (Fsp3) is 0.275. The second kappa shape index (κ2) is 19.1. The Balaban J connectivity index is 0.000000727. The van der Waals surface area contributed by atoms with Crippen LogP contribution in [0, 0.1) is 0 Å². The van der Waals surface area contributed by atoms with Crippen LogP contribution in [0.15, 0.2) is 115 Å². The van der Waals surface area contributed by atoms with Crippen LogP contribution in [0.3, 0.4) is 0 Å². The number of carboxylic acids is 1. The Kier molecular flexibility index (Phi) is 14.4. The molecule has 2 N–H and O–H groups in total. The van der Waals surface area contributed by atoms with Crippen LogP contribution in [0.5, 0.6) is 0 Å². The Labute approximate surface area is 291 Å². The molecule has 1 aliphatic rings. The molecule has 0 aromatic heterocycles. The third kappa shape index (κ3) is 12.7. The normalized spacial score (nSPS) is 13.0. The van der Waals surface area contributed by atoms with Crippen molar-refractivity contribution in [2.45, 2.75) is 38.4 Å². The largest absolute Gasteiger partial charge is 0.490 e. The molecule has 4 aromatic rings. The molecule has 4 aromatic carbocycles. The van der Waals surface area contributed by atoms with Gasteiger partial charge in [0, 0.05) is 37.8 Å². The highest BCUT2D eigenvalue weighted by Gasteiger charge is 2.38. The number of halogens is 3. The maximum atomic E-state index is 13.4. The first-order chi connectivity index (χ1) is 24.1. The van der Waals surface area contributed by atoms with Gasteiger partial charge in [0.25, 0.3) is 5.91 Å². The summed E-state index contributed by atoms with van der Waals surface area (Å²) < 4.78 is 31.7. The summed E-state index contributed by atoms with van der Waals surface area (Å²) in [5.74, 6) is -2.81. The van der Waals surface area contributed by atoms with Gasteiger partial charge in [-0.3, -0.25) is 9.59 Å². The summed E-state index contributed by atoms with van der Waals surface area (Å²) in [4.78, 5) is 39.5. The van der Waals surface area contributed by atoms with Crippen molar-refractivity contribution in [3.63, 3.8) is 0 Å². The number of likely N-dealkylation sites (tertiary alicyclic amines) is 1. The van der Waals surface area contributed by atoms with Crippen LogP contribution < -0.4 is 5.32 Å². The quantitative estimate of drug-likeness (QED) is 0.143. The lowest BCUT2D eigenvalue weighted by Gasteiger charge is -2.22. The molecule has 0 bridgehead atoms. The Morgan fingerprint density at radius 1 is 0.800 bits per heavy atom. The molecule has 50 heavy (non-hydrogen) atoms. The van der Waals surface area contributed by atoms with Crippen molar-refractivity contribution in [1.29, 1.82) is 0 Å². The van der Waals surface area contributed by atoms with Crippen molar-refractivity contribution >= 4 is 23.9 Å². The van der Waals surface area contributed by atoms with Crippen molar-refractivity contribution in [2.24, 2.45) is 0 Å². The Morgan fingerprint density at radius 3 is 2.06 bits per heavy atom. The molecule has 7 nitrogen and oxygen atoms in total. The summed E-state index contributed by atoms with van der Waals surface area (Å²) in [6.07, 6.45) is 2.76. The van der Waals surface area contributed by atoms with E-state index in [1.807, 2.05) is 77.7 Å². The molecule has 1 fully saturated rings. The molecule has 1 heterocycles. The number of hydrogen-bond acceptors (Lipinski definition) is 4. The molecule has 0 radical (unpaired) electrons. The van der Waals surface area contributed by atoms with E-state index in [1.54, 1.807) is 6.08 Å². The van der Waals surface area contributed by atoms with Gasteiger partial charge in [-0.15, -0.1) is 0 Å². The predicted molar refractivity (Wildman–Crippen MR) is 189 cm³/mol. The lowest BCUT2D eigenvalue weighted by Crippen LogP contribution is -2.33. The third-order valence-electron chi connectivity index (χ3n) is 8.18. The highest BCUT2D eigenvalue weighted by molar-refractivity contribution is 5.95. The van der Waals surface area contributed by atoms with Gasteiger partial charge in [-0.1, -0.05) is 91.0 Å². The van der Waals surface area contributed by atoms with Crippen LogP contribution in [0.2, 0.25) is 0 Å². The van der Waals surface area contributed by atoms with E-state index < -0.39 is 12.1 Å². The lowest BCUT2D eigenvalue weighted by atomic mass is 10.0. The maximum Gasteiger partial charge on any atom is 0.490 e. The molecule has 5 rings (SSSR count). The summed E-state index contributed by atoms with van der Waals surface area (Å²) >= 11 is 0. The molecule has 0 atom stereocenters. The molecule has 10 heteroatoms. The zero-order valence-electron chi connectivity index (χ0n) is 27.8. The van der Waals surface area contributed by atoms with Gasteiger partial charge in [0.1, 0.15) is 0 Å². The number of nitrogens with zero attached hydrogens (tertiary/aromatic N) is 2. The monoisotopic (exact) mass is 685 g/mol. The smallest absolute Gasteiger partial charge is 0.475 e. The minimum atomic E-state index is -5.08. The highest BCUT2D eigenvalue weighted by Crippen LogP contribution is 2.23. The van der Waals surface area contributed by atoms with Crippen LogP contribution >= 0.6 is 0 Å². The molecule has 0 aliphatic carbocycles. The SMILES string of the molecule is O=C(NCCN1CCCC1)c1cccc(-c2cccc(CN(CCCc3ccccc3)C(=O)C=Cc3ccccc3)c2)c1.O=C(O)C(F)(F)F. The van der Waals surface area contributed by atoms with Crippen LogP contribution in [0.4, 0.5) is 13.2 Å². The first kappa shape index (κ1) is 37.6. The second-order valence-corrected chi connectivity index (χ2v) is 12.0. The number of rotatable bonds is 13. The summed E-state index contributed by atoms with van der Waals surface area (Å²) in [6.45, 7) is 4.98. The number of nitrogens with one attached hydrogen (secondary N) is 1. The van der Waals surface area contributed by atoms with Crippen molar-refractivity contribution in [2.75, 3.05) is 32.7 Å². The van der Waals surface area contributed by atoms with Gasteiger partial charge in [0.2, 0.25) is 5.91 Å². The zero-order chi connectivity index (χ0) is 35.8. The highest BCUT2D eigenvalue weighted by atomic mass is 19.4. The molecular formula is C40H42F3N3O4. The number of aliphatic carboxylic acids is 1. The van der Waals surface area contributed by atoms with Gasteiger partial charge in [-0.25, -0.2) is 4.79 Å². The van der Waals surface area contributed by atoms with E-state index in [-0.39, 0.29) is 11.8 Å². The summed E-state index contributed by atoms with van der Waals surface area (Å²) in [6, 6.07) is 36.4. The van der Waals surface area contributed by atoms with E-state index in [0.29, 0.717) is 25.2 Å². The summed E-state index contributed by atoms with van der Waals surface area (Å²) in [5.41, 5.74) is 6.01. The number of amides is 2. The standard InChI is InChI=1S/C38H41N3O2.C2HF3O2/c42-37(22-21-32-14-5-2-6-15-32)41(26-11-17-31-12-3-1-4-13-31)30-33-16-9-18-34(28-33)35-19-10-20-36(29-35)38(43)39-23-27-40-24-7-8-25-40;3-2(4,5)1(6)7/h1-6,9-10,12-16,18-22,28-29H,7-8,11,17,23-27,30H2,(H,39,43);(H,6,7). The molecule has 0 spiro atoms. The van der Waals surface area contributed by atoms with Gasteiger partial charge in [0.05, 0.1) is 0 Å². The number of aryl methyl sites for hydroxylation is 1. The maximum absolute atomic E-state index is 13.4. The Hall–Kier alpha value is -5.22. The van der Waals surface area contributed by atoms with Gasteiger partial charge >= 0.3 is 12.1 Å². The minimum absolute atomic E-state index is 0.00471. The number of hydrogen-bond donors (Lipinski definition) is 2. The van der Waals surface area contributed by atoms with E-state index in [1.165, 1.54) is 18.4 Å². The third-order valence-corrected chi connectivity index (χ3v) is 8.18. The summed E-state index contributed by atoms with van der Waals surface area (Å²) in [5, 5.41) is 10.2. The fourth-order valence-electron chi connectivity index (χ4n) is 5.57. The van der Waals surface area contributed by atoms with E-state index in [0.717, 1.165) is 54.7 Å². The van der Waals surface area contributed by atoms with Gasteiger partial charge in [-0.2, -0.15) is 13.2 Å². The number of benzene rings is 4. The molecule has 2 amide bonds. The van der Waals surface area contributed by atoms with Crippen LogP contribution in [-0.2, 0) is 22.6 Å². The molecule has 1 saturated heterocycles. The minimum Gasteiger partial charge on any atom is -0.475 e. The Bertz CT molecular complexity index is 1710. The number of carbonyl (C=O) groups excluding carboxylic acids is 2. The van der Waals surface area contributed by atoms with Crippen LogP contribution in [0.1, 0.15) is 46.3 Å². The number of carboxylic acid groups (broad SMARTS) is 1. The average molecular weight is 686 g/mol. The lowest BCUT2D eigenvalue weighted by molar-refractivity contribution is -0.192. The fourth-order valence-corrected chi connectivity index (χ4v) is 5.57. The van der Waals surface area contributed by atoms with Gasteiger partial charge < -0.3 is 20.2 Å². The van der Waals surface area contributed by atoms with Crippen molar-refractivity contribution < 1.29 is 32.7 Å². The summed E-state index contributed by atoms with van der Waals surface area (Å²) in [7, 11) is 0. The van der Waals surface area contributed by atoms with Gasteiger partial charge in [0.15, 0.2) is 0 Å². The van der Waals surface area contributed by atoms with Crippen molar-refractivity contribution in [1.82, 2.24) is 15.1 Å². The molecule has 0 unspecified atom stereocenters. The zero-order valence-corrected chi connectivity index (χ0v) is 27.8. The first-order valence-corrected chi connectivity index (χ1v) is 16.6. The molecule has 0 saturated carbocycles. The first-order valence-electron chi connectivity index (χ1n) is 16.6. The average Bonchev–Trinajstić information content (AvgIpc) is 3.65. The van der Waals surface area contributed by atoms with Crippen molar-refractivity contribution in [3.05, 3.63) is 138 Å². The van der Waals surface area contributed by atoms with E-state index in [4.69, 9.17) is 9.90 Å².